The molecule has 3 aliphatic rings. The van der Waals surface area contributed by atoms with Crippen molar-refractivity contribution in [1.82, 2.24) is 14.8 Å². The quantitative estimate of drug-likeness (QED) is 0.792. The minimum absolute atomic E-state index is 0.0722. The Bertz CT molecular complexity index is 592. The second-order valence-electron chi connectivity index (χ2n) is 8.22. The molecule has 1 saturated carbocycles. The number of piperidine rings is 1. The molecule has 1 aromatic rings. The number of hydrogen-bond acceptors (Lipinski definition) is 5. The predicted molar refractivity (Wildman–Crippen MR) is 97.7 cm³/mol. The Hall–Kier alpha value is -1.17. The fourth-order valence-corrected chi connectivity index (χ4v) is 4.71. The lowest BCUT2D eigenvalue weighted by atomic mass is 9.86. The molecule has 0 bridgehead atoms. The molecule has 3 fully saturated rings. The highest BCUT2D eigenvalue weighted by atomic mass is 16.5. The maximum atomic E-state index is 6.40. The highest BCUT2D eigenvalue weighted by molar-refractivity contribution is 5.25. The van der Waals surface area contributed by atoms with Crippen LogP contribution in [0.1, 0.15) is 37.7 Å². The van der Waals surface area contributed by atoms with Crippen molar-refractivity contribution in [3.05, 3.63) is 23.9 Å². The van der Waals surface area contributed by atoms with Crippen LogP contribution < -0.4 is 4.74 Å². The van der Waals surface area contributed by atoms with E-state index in [1.54, 1.807) is 13.3 Å². The summed E-state index contributed by atoms with van der Waals surface area (Å²) in [5.41, 5.74) is 1.24. The van der Waals surface area contributed by atoms with Crippen LogP contribution >= 0.6 is 0 Å². The summed E-state index contributed by atoms with van der Waals surface area (Å²) in [4.78, 5) is 9.41. The van der Waals surface area contributed by atoms with Crippen molar-refractivity contribution in [1.29, 1.82) is 0 Å². The van der Waals surface area contributed by atoms with E-state index in [1.807, 2.05) is 6.07 Å². The van der Waals surface area contributed by atoms with Crippen molar-refractivity contribution >= 4 is 0 Å². The van der Waals surface area contributed by atoms with Crippen LogP contribution in [0.15, 0.2) is 18.3 Å². The first-order chi connectivity index (χ1) is 12.2. The van der Waals surface area contributed by atoms with Gasteiger partial charge in [-0.1, -0.05) is 6.07 Å². The molecule has 2 atom stereocenters. The van der Waals surface area contributed by atoms with Gasteiger partial charge < -0.3 is 14.4 Å². The molecule has 2 aliphatic heterocycles. The van der Waals surface area contributed by atoms with Crippen LogP contribution in [0.25, 0.3) is 0 Å². The van der Waals surface area contributed by atoms with Gasteiger partial charge >= 0.3 is 0 Å². The highest BCUT2D eigenvalue weighted by Crippen LogP contribution is 2.39. The summed E-state index contributed by atoms with van der Waals surface area (Å²) < 4.78 is 11.8. The second-order valence-corrected chi connectivity index (χ2v) is 8.22. The molecular weight excluding hydrogens is 314 g/mol. The minimum atomic E-state index is 0.0722. The van der Waals surface area contributed by atoms with E-state index in [2.05, 4.69) is 27.9 Å². The highest BCUT2D eigenvalue weighted by Gasteiger charge is 2.44. The molecule has 0 amide bonds. The topological polar surface area (TPSA) is 37.8 Å². The number of rotatable bonds is 6. The first kappa shape index (κ1) is 17.3. The van der Waals surface area contributed by atoms with Gasteiger partial charge in [0.25, 0.3) is 0 Å². The van der Waals surface area contributed by atoms with Gasteiger partial charge in [-0.2, -0.15) is 0 Å². The van der Waals surface area contributed by atoms with Gasteiger partial charge in [-0.05, 0) is 57.7 Å². The molecule has 5 nitrogen and oxygen atoms in total. The number of ether oxygens (including phenoxy) is 2. The van der Waals surface area contributed by atoms with Crippen molar-refractivity contribution in [3.8, 4) is 5.88 Å². The fourth-order valence-electron chi connectivity index (χ4n) is 4.71. The molecule has 25 heavy (non-hydrogen) atoms. The molecule has 3 heterocycles. The number of methoxy groups -OCH3 is 1. The molecule has 138 valence electrons. The molecule has 2 unspecified atom stereocenters. The van der Waals surface area contributed by atoms with Gasteiger partial charge in [0.05, 0.1) is 19.3 Å². The van der Waals surface area contributed by atoms with Gasteiger partial charge in [-0.3, -0.25) is 4.90 Å². The summed E-state index contributed by atoms with van der Waals surface area (Å²) in [6.07, 6.45) is 8.20. The molecule has 1 aromatic heterocycles. The third-order valence-electron chi connectivity index (χ3n) is 6.06. The van der Waals surface area contributed by atoms with E-state index in [-0.39, 0.29) is 5.60 Å². The Morgan fingerprint density at radius 3 is 3.12 bits per heavy atom. The zero-order valence-electron chi connectivity index (χ0n) is 15.6. The molecule has 4 rings (SSSR count). The normalized spacial score (nSPS) is 30.3. The number of nitrogens with zero attached hydrogens (tertiary/aromatic N) is 3. The van der Waals surface area contributed by atoms with Gasteiger partial charge in [0, 0.05) is 37.4 Å². The molecule has 2 saturated heterocycles. The van der Waals surface area contributed by atoms with Crippen LogP contribution in [-0.4, -0.2) is 66.8 Å². The Morgan fingerprint density at radius 1 is 1.44 bits per heavy atom. The van der Waals surface area contributed by atoms with E-state index in [9.17, 15) is 0 Å². The number of hydrogen-bond donors (Lipinski definition) is 0. The molecule has 0 N–H and O–H groups in total. The Morgan fingerprint density at radius 2 is 2.32 bits per heavy atom. The van der Waals surface area contributed by atoms with Crippen molar-refractivity contribution in [3.63, 3.8) is 0 Å². The summed E-state index contributed by atoms with van der Waals surface area (Å²) in [6.45, 7) is 5.20. The molecule has 5 heteroatoms. The van der Waals surface area contributed by atoms with Crippen LogP contribution in [0.3, 0.4) is 0 Å². The Labute approximate surface area is 151 Å². The molecule has 0 radical (unpaired) electrons. The summed E-state index contributed by atoms with van der Waals surface area (Å²) in [5, 5.41) is 0. The van der Waals surface area contributed by atoms with Gasteiger partial charge in [-0.25, -0.2) is 4.98 Å². The monoisotopic (exact) mass is 345 g/mol. The van der Waals surface area contributed by atoms with Crippen LogP contribution in [0.4, 0.5) is 0 Å². The average molecular weight is 345 g/mol. The minimum Gasteiger partial charge on any atom is -0.481 e. The largest absolute Gasteiger partial charge is 0.481 e. The Kier molecular flexibility index (Phi) is 4.98. The van der Waals surface area contributed by atoms with E-state index >= 15 is 0 Å². The zero-order chi connectivity index (χ0) is 17.3. The summed E-state index contributed by atoms with van der Waals surface area (Å²) in [5.74, 6) is 1.44. The summed E-state index contributed by atoms with van der Waals surface area (Å²) in [6, 6.07) is 4.96. The van der Waals surface area contributed by atoms with E-state index in [4.69, 9.17) is 9.47 Å². The number of likely N-dealkylation sites (tertiary alicyclic amines) is 1. The van der Waals surface area contributed by atoms with Crippen LogP contribution in [0.2, 0.25) is 0 Å². The molecular formula is C20H31N3O2. The maximum absolute atomic E-state index is 6.40. The maximum Gasteiger partial charge on any atom is 0.217 e. The lowest BCUT2D eigenvalue weighted by molar-refractivity contribution is -0.0537. The van der Waals surface area contributed by atoms with E-state index < -0.39 is 0 Å². The third-order valence-corrected chi connectivity index (χ3v) is 6.06. The predicted octanol–water partition coefficient (Wildman–Crippen LogP) is 2.56. The molecule has 1 spiro atoms. The number of aromatic nitrogens is 1. The van der Waals surface area contributed by atoms with Gasteiger partial charge in [0.2, 0.25) is 5.88 Å². The first-order valence-corrected chi connectivity index (χ1v) is 9.72. The van der Waals surface area contributed by atoms with Crippen molar-refractivity contribution < 1.29 is 9.47 Å². The zero-order valence-corrected chi connectivity index (χ0v) is 15.6. The third kappa shape index (κ3) is 3.99. The summed E-state index contributed by atoms with van der Waals surface area (Å²) >= 11 is 0. The van der Waals surface area contributed by atoms with E-state index in [0.29, 0.717) is 5.92 Å². The van der Waals surface area contributed by atoms with E-state index in [1.165, 1.54) is 44.2 Å². The second kappa shape index (κ2) is 7.22. The van der Waals surface area contributed by atoms with Crippen LogP contribution in [-0.2, 0) is 11.3 Å². The SMILES string of the molecule is COc1ncccc1CN1CCCC2(CC(CN(C)C3CC3)CO2)C1. The molecule has 0 aromatic carbocycles. The fraction of sp³-hybridized carbons (Fsp3) is 0.750. The van der Waals surface area contributed by atoms with Crippen molar-refractivity contribution in [2.75, 3.05) is 40.4 Å². The smallest absolute Gasteiger partial charge is 0.217 e. The summed E-state index contributed by atoms with van der Waals surface area (Å²) in [7, 11) is 3.98. The van der Waals surface area contributed by atoms with Gasteiger partial charge in [0.15, 0.2) is 0 Å². The number of pyridine rings is 1. The van der Waals surface area contributed by atoms with E-state index in [0.717, 1.165) is 38.2 Å². The first-order valence-electron chi connectivity index (χ1n) is 9.72. The lowest BCUT2D eigenvalue weighted by Gasteiger charge is -2.40. The molecule has 1 aliphatic carbocycles. The van der Waals surface area contributed by atoms with Gasteiger partial charge in [-0.15, -0.1) is 0 Å². The van der Waals surface area contributed by atoms with Crippen molar-refractivity contribution in [2.24, 2.45) is 5.92 Å². The standard InChI is InChI=1S/C20H31N3O2/c1-22(18-6-7-18)12-16-11-20(25-14-16)8-4-10-23(15-20)13-17-5-3-9-21-19(17)24-2/h3,5,9,16,18H,4,6-8,10-15H2,1-2H3. The Balaban J connectivity index is 1.36. The van der Waals surface area contributed by atoms with Crippen molar-refractivity contribution in [2.45, 2.75) is 50.3 Å². The average Bonchev–Trinajstić information content (AvgIpc) is 3.40. The van der Waals surface area contributed by atoms with Crippen LogP contribution in [0, 0.1) is 5.92 Å². The van der Waals surface area contributed by atoms with Gasteiger partial charge in [0.1, 0.15) is 0 Å². The lowest BCUT2D eigenvalue weighted by Crippen LogP contribution is -2.47. The van der Waals surface area contributed by atoms with Crippen LogP contribution in [0.5, 0.6) is 5.88 Å².